The highest BCUT2D eigenvalue weighted by Crippen LogP contribution is 2.35. The first-order valence-electron chi connectivity index (χ1n) is 8.70. The quantitative estimate of drug-likeness (QED) is 0.754. The zero-order valence-electron chi connectivity index (χ0n) is 15.1. The molecule has 1 aliphatic rings. The van der Waals surface area contributed by atoms with Gasteiger partial charge in [-0.1, -0.05) is 12.1 Å². The molecule has 0 amide bonds. The van der Waals surface area contributed by atoms with Crippen molar-refractivity contribution < 1.29 is 14.3 Å². The number of aromatic nitrogens is 2. The monoisotopic (exact) mass is 343 g/mol. The third-order valence-corrected chi connectivity index (χ3v) is 4.52. The minimum absolute atomic E-state index is 0.182. The van der Waals surface area contributed by atoms with E-state index in [4.69, 9.17) is 14.6 Å². The van der Waals surface area contributed by atoms with Crippen LogP contribution in [0.25, 0.3) is 11.3 Å². The Labute approximate surface area is 148 Å². The Bertz CT molecular complexity index is 754. The molecule has 0 radical (unpaired) electrons. The van der Waals surface area contributed by atoms with Crippen molar-refractivity contribution in [3.63, 3.8) is 0 Å². The first-order valence-corrected chi connectivity index (χ1v) is 8.70. The maximum atomic E-state index is 11.7. The van der Waals surface area contributed by atoms with Gasteiger partial charge >= 0.3 is 5.97 Å². The van der Waals surface area contributed by atoms with Crippen LogP contribution in [-0.4, -0.2) is 48.0 Å². The summed E-state index contributed by atoms with van der Waals surface area (Å²) in [6.45, 7) is 4.61. The van der Waals surface area contributed by atoms with Crippen LogP contribution in [0, 0.1) is 0 Å². The van der Waals surface area contributed by atoms with Crippen molar-refractivity contribution >= 4 is 5.97 Å². The van der Waals surface area contributed by atoms with Gasteiger partial charge in [-0.25, -0.2) is 0 Å². The smallest absolute Gasteiger partial charge is 0.307 e. The molecule has 6 heteroatoms. The molecule has 0 N–H and O–H groups in total. The molecule has 0 unspecified atom stereocenters. The number of rotatable bonds is 6. The standard InChI is InChI=1S/C19H25N3O3/c1-4-25-18(23)10-12-22-16-9-11-21(2)13-15(16)19(20-22)14-7-5-6-8-17(14)24-3/h5-8H,4,9-13H2,1-3H3. The molecule has 0 spiro atoms. The van der Waals surface area contributed by atoms with Crippen molar-refractivity contribution in [1.29, 1.82) is 0 Å². The topological polar surface area (TPSA) is 56.6 Å². The van der Waals surface area contributed by atoms with Crippen molar-refractivity contribution in [3.8, 4) is 17.0 Å². The van der Waals surface area contributed by atoms with Gasteiger partial charge in [-0.2, -0.15) is 5.10 Å². The highest BCUT2D eigenvalue weighted by Gasteiger charge is 2.25. The Kier molecular flexibility index (Phi) is 5.38. The van der Waals surface area contributed by atoms with Crippen LogP contribution in [-0.2, 0) is 29.0 Å². The van der Waals surface area contributed by atoms with Crippen LogP contribution >= 0.6 is 0 Å². The summed E-state index contributed by atoms with van der Waals surface area (Å²) < 4.78 is 12.5. The predicted octanol–water partition coefficient (Wildman–Crippen LogP) is 2.50. The number of nitrogens with zero attached hydrogens (tertiary/aromatic N) is 3. The molecule has 2 heterocycles. The van der Waals surface area contributed by atoms with Crippen LogP contribution in [0.2, 0.25) is 0 Å². The Morgan fingerprint density at radius 2 is 2.12 bits per heavy atom. The first-order chi connectivity index (χ1) is 12.1. The molecule has 0 saturated carbocycles. The fraction of sp³-hybridized carbons (Fsp3) is 0.474. The maximum Gasteiger partial charge on any atom is 0.307 e. The lowest BCUT2D eigenvalue weighted by Gasteiger charge is -2.23. The lowest BCUT2D eigenvalue weighted by molar-refractivity contribution is -0.143. The van der Waals surface area contributed by atoms with Crippen molar-refractivity contribution in [2.75, 3.05) is 27.3 Å². The normalized spacial score (nSPS) is 14.2. The van der Waals surface area contributed by atoms with Crippen molar-refractivity contribution in [2.24, 2.45) is 0 Å². The first kappa shape index (κ1) is 17.5. The van der Waals surface area contributed by atoms with Crippen LogP contribution in [0.15, 0.2) is 24.3 Å². The second kappa shape index (κ2) is 7.70. The molecule has 6 nitrogen and oxygen atoms in total. The maximum absolute atomic E-state index is 11.7. The summed E-state index contributed by atoms with van der Waals surface area (Å²) in [6, 6.07) is 7.94. The zero-order chi connectivity index (χ0) is 17.8. The van der Waals surface area contributed by atoms with E-state index < -0.39 is 0 Å². The van der Waals surface area contributed by atoms with Gasteiger partial charge in [0.2, 0.25) is 0 Å². The van der Waals surface area contributed by atoms with E-state index in [0.29, 0.717) is 19.6 Å². The summed E-state index contributed by atoms with van der Waals surface area (Å²) in [6.07, 6.45) is 1.26. The van der Waals surface area contributed by atoms with Gasteiger partial charge in [0.1, 0.15) is 11.4 Å². The number of para-hydroxylation sites is 1. The van der Waals surface area contributed by atoms with Crippen LogP contribution in [0.4, 0.5) is 0 Å². The number of carbonyl (C=O) groups excluding carboxylic acids is 1. The van der Waals surface area contributed by atoms with Gasteiger partial charge < -0.3 is 14.4 Å². The molecule has 1 aromatic carbocycles. The van der Waals surface area contributed by atoms with E-state index in [-0.39, 0.29) is 5.97 Å². The Morgan fingerprint density at radius 3 is 2.88 bits per heavy atom. The average molecular weight is 343 g/mol. The van der Waals surface area contributed by atoms with Gasteiger partial charge in [0.25, 0.3) is 0 Å². The van der Waals surface area contributed by atoms with E-state index in [2.05, 4.69) is 11.9 Å². The van der Waals surface area contributed by atoms with Gasteiger partial charge in [0.15, 0.2) is 0 Å². The number of likely N-dealkylation sites (N-methyl/N-ethyl adjacent to an activating group) is 1. The third kappa shape index (κ3) is 3.69. The molecule has 0 saturated heterocycles. The Balaban J connectivity index is 1.97. The molecule has 1 aliphatic heterocycles. The summed E-state index contributed by atoms with van der Waals surface area (Å²) in [7, 11) is 3.79. The molecule has 0 bridgehead atoms. The van der Waals surface area contributed by atoms with E-state index in [1.807, 2.05) is 35.9 Å². The molecule has 0 atom stereocenters. The lowest BCUT2D eigenvalue weighted by atomic mass is 10.0. The zero-order valence-corrected chi connectivity index (χ0v) is 15.1. The number of methoxy groups -OCH3 is 1. The number of aryl methyl sites for hydroxylation is 1. The molecule has 134 valence electrons. The number of esters is 1. The number of hydrogen-bond donors (Lipinski definition) is 0. The molecule has 25 heavy (non-hydrogen) atoms. The summed E-state index contributed by atoms with van der Waals surface area (Å²) >= 11 is 0. The largest absolute Gasteiger partial charge is 0.496 e. The minimum atomic E-state index is -0.182. The summed E-state index contributed by atoms with van der Waals surface area (Å²) in [5.41, 5.74) is 4.37. The van der Waals surface area contributed by atoms with Gasteiger partial charge in [-0.15, -0.1) is 0 Å². The molecular weight excluding hydrogens is 318 g/mol. The molecule has 0 aliphatic carbocycles. The molecular formula is C19H25N3O3. The van der Waals surface area contributed by atoms with Crippen molar-refractivity contribution in [3.05, 3.63) is 35.5 Å². The number of hydrogen-bond acceptors (Lipinski definition) is 5. The highest BCUT2D eigenvalue weighted by atomic mass is 16.5. The molecule has 0 fully saturated rings. The van der Waals surface area contributed by atoms with E-state index in [9.17, 15) is 4.79 Å². The second-order valence-electron chi connectivity index (χ2n) is 6.24. The number of benzene rings is 1. The molecule has 2 aromatic rings. The summed E-state index contributed by atoms with van der Waals surface area (Å²) in [4.78, 5) is 14.0. The SMILES string of the molecule is CCOC(=O)CCn1nc(-c2ccccc2OC)c2c1CCN(C)C2. The van der Waals surface area contributed by atoms with Crippen LogP contribution in [0.5, 0.6) is 5.75 Å². The lowest BCUT2D eigenvalue weighted by Crippen LogP contribution is -2.27. The van der Waals surface area contributed by atoms with E-state index >= 15 is 0 Å². The Hall–Kier alpha value is -2.34. The predicted molar refractivity (Wildman–Crippen MR) is 95.5 cm³/mol. The number of carbonyl (C=O) groups is 1. The van der Waals surface area contributed by atoms with Gasteiger partial charge in [-0.05, 0) is 26.1 Å². The highest BCUT2D eigenvalue weighted by molar-refractivity contribution is 5.71. The second-order valence-corrected chi connectivity index (χ2v) is 6.24. The summed E-state index contributed by atoms with van der Waals surface area (Å²) in [5, 5.41) is 4.84. The number of ether oxygens (including phenoxy) is 2. The third-order valence-electron chi connectivity index (χ3n) is 4.52. The fourth-order valence-electron chi connectivity index (χ4n) is 3.30. The van der Waals surface area contributed by atoms with Crippen LogP contribution in [0.3, 0.4) is 0 Å². The van der Waals surface area contributed by atoms with E-state index in [1.165, 1.54) is 11.3 Å². The van der Waals surface area contributed by atoms with Crippen molar-refractivity contribution in [2.45, 2.75) is 32.9 Å². The fourth-order valence-corrected chi connectivity index (χ4v) is 3.30. The number of fused-ring (bicyclic) bond motifs is 1. The average Bonchev–Trinajstić information content (AvgIpc) is 2.97. The minimum Gasteiger partial charge on any atom is -0.496 e. The van der Waals surface area contributed by atoms with Gasteiger partial charge in [0, 0.05) is 36.3 Å². The van der Waals surface area contributed by atoms with Crippen LogP contribution < -0.4 is 4.74 Å². The summed E-state index contributed by atoms with van der Waals surface area (Å²) in [5.74, 6) is 0.632. The van der Waals surface area contributed by atoms with Gasteiger partial charge in [-0.3, -0.25) is 9.48 Å². The Morgan fingerprint density at radius 1 is 1.32 bits per heavy atom. The van der Waals surface area contributed by atoms with E-state index in [0.717, 1.165) is 36.5 Å². The van der Waals surface area contributed by atoms with E-state index in [1.54, 1.807) is 7.11 Å². The van der Waals surface area contributed by atoms with Gasteiger partial charge in [0.05, 0.1) is 26.7 Å². The molecule has 1 aromatic heterocycles. The molecule has 3 rings (SSSR count). The van der Waals surface area contributed by atoms with Crippen LogP contribution in [0.1, 0.15) is 24.6 Å². The van der Waals surface area contributed by atoms with Crippen molar-refractivity contribution in [1.82, 2.24) is 14.7 Å².